The second-order valence-electron chi connectivity index (χ2n) is 7.64. The van der Waals surface area contributed by atoms with Crippen LogP contribution in [0.2, 0.25) is 9.36 Å². The van der Waals surface area contributed by atoms with E-state index in [1.165, 1.54) is 11.3 Å². The second-order valence-corrected chi connectivity index (χ2v) is 9.70. The molecule has 2 amide bonds. The summed E-state index contributed by atoms with van der Waals surface area (Å²) in [6.07, 6.45) is 0. The van der Waals surface area contributed by atoms with Crippen molar-refractivity contribution in [3.63, 3.8) is 0 Å². The van der Waals surface area contributed by atoms with Gasteiger partial charge in [-0.1, -0.05) is 55.2 Å². The lowest BCUT2D eigenvalue weighted by molar-refractivity contribution is 0.254. The number of hydrazine groups is 1. The van der Waals surface area contributed by atoms with Gasteiger partial charge in [-0.15, -0.1) is 11.3 Å². The molecule has 7 nitrogen and oxygen atoms in total. The molecule has 0 unspecified atom stereocenters. The van der Waals surface area contributed by atoms with Crippen LogP contribution in [-0.4, -0.2) is 20.8 Å². The first kappa shape index (κ1) is 22.4. The van der Waals surface area contributed by atoms with Crippen LogP contribution >= 0.6 is 34.5 Å². The van der Waals surface area contributed by atoms with Gasteiger partial charge in [0.05, 0.1) is 10.7 Å². The van der Waals surface area contributed by atoms with Gasteiger partial charge < -0.3 is 0 Å². The largest absolute Gasteiger partial charge is 0.338 e. The number of amides is 2. The van der Waals surface area contributed by atoms with Crippen LogP contribution in [0.25, 0.3) is 22.2 Å². The van der Waals surface area contributed by atoms with E-state index in [1.54, 1.807) is 16.8 Å². The number of aryl methyl sites for hydroxylation is 2. The summed E-state index contributed by atoms with van der Waals surface area (Å²) in [5, 5.41) is 9.49. The molecule has 0 saturated carbocycles. The van der Waals surface area contributed by atoms with E-state index in [9.17, 15) is 4.79 Å². The summed E-state index contributed by atoms with van der Waals surface area (Å²) in [6.45, 7) is 6.20. The zero-order valence-corrected chi connectivity index (χ0v) is 20.3. The van der Waals surface area contributed by atoms with Gasteiger partial charge in [0.2, 0.25) is 0 Å². The predicted octanol–water partition coefficient (Wildman–Crippen LogP) is 6.58. The number of urea groups is 1. The number of halogens is 2. The lowest BCUT2D eigenvalue weighted by Crippen LogP contribution is -2.33. The average molecular weight is 489 g/mol. The molecule has 0 aliphatic rings. The number of rotatable bonds is 5. The molecule has 10 heteroatoms. The summed E-state index contributed by atoms with van der Waals surface area (Å²) in [4.78, 5) is 17.1. The number of anilines is 2. The minimum atomic E-state index is -0.442. The van der Waals surface area contributed by atoms with Crippen LogP contribution in [0.4, 0.5) is 15.6 Å². The molecule has 0 fully saturated rings. The van der Waals surface area contributed by atoms with E-state index in [1.807, 2.05) is 38.2 Å². The van der Waals surface area contributed by atoms with E-state index < -0.39 is 6.03 Å². The van der Waals surface area contributed by atoms with Gasteiger partial charge in [-0.05, 0) is 36.6 Å². The Balaban J connectivity index is 1.49. The first-order chi connectivity index (χ1) is 15.2. The topological polar surface area (TPSA) is 83.9 Å². The zero-order chi connectivity index (χ0) is 23.0. The van der Waals surface area contributed by atoms with Gasteiger partial charge in [0.25, 0.3) is 0 Å². The standard InChI is InChI=1S/C22H22Cl2N6OS/c1-11(2)14-9-17(25-21-19(14)12(3)29-30(21)4)27-28-22(31)26-18-10-15(20(24)32-18)13-7-5-6-8-16(13)23/h5-11H,1-4H3,(H,25,27)(H2,26,28,31). The van der Waals surface area contributed by atoms with Gasteiger partial charge in [0.15, 0.2) is 5.65 Å². The van der Waals surface area contributed by atoms with E-state index in [0.29, 0.717) is 20.2 Å². The van der Waals surface area contributed by atoms with E-state index in [4.69, 9.17) is 23.2 Å². The van der Waals surface area contributed by atoms with Crippen molar-refractivity contribution in [3.8, 4) is 11.1 Å². The number of nitrogens with zero attached hydrogens (tertiary/aromatic N) is 3. The summed E-state index contributed by atoms with van der Waals surface area (Å²) in [5.41, 5.74) is 9.90. The molecule has 0 saturated heterocycles. The van der Waals surface area contributed by atoms with E-state index in [0.717, 1.165) is 33.4 Å². The zero-order valence-electron chi connectivity index (χ0n) is 18.0. The van der Waals surface area contributed by atoms with E-state index >= 15 is 0 Å². The molecule has 0 spiro atoms. The van der Waals surface area contributed by atoms with Crippen molar-refractivity contribution in [1.82, 2.24) is 20.2 Å². The molecule has 4 aromatic rings. The Kier molecular flexibility index (Phi) is 6.28. The number of carbonyl (C=O) groups is 1. The minimum Gasteiger partial charge on any atom is -0.298 e. The molecular weight excluding hydrogens is 467 g/mol. The Morgan fingerprint density at radius 1 is 1.16 bits per heavy atom. The summed E-state index contributed by atoms with van der Waals surface area (Å²) < 4.78 is 2.28. The van der Waals surface area contributed by atoms with Crippen LogP contribution in [0.1, 0.15) is 31.0 Å². The molecule has 4 rings (SSSR count). The van der Waals surface area contributed by atoms with Crippen molar-refractivity contribution in [3.05, 3.63) is 57.0 Å². The molecule has 3 aromatic heterocycles. The number of carbonyl (C=O) groups excluding carboxylic acids is 1. The van der Waals surface area contributed by atoms with Crippen molar-refractivity contribution >= 4 is 62.4 Å². The molecular formula is C22H22Cl2N6OS. The SMILES string of the molecule is Cc1nn(C)c2nc(NNC(=O)Nc3cc(-c4ccccc4Cl)c(Cl)s3)cc(C(C)C)c12. The number of nitrogens with one attached hydrogen (secondary N) is 3. The fourth-order valence-corrected chi connectivity index (χ4v) is 4.99. The van der Waals surface area contributed by atoms with Crippen LogP contribution < -0.4 is 16.2 Å². The highest BCUT2D eigenvalue weighted by molar-refractivity contribution is 7.20. The third kappa shape index (κ3) is 4.39. The lowest BCUT2D eigenvalue weighted by atomic mass is 10.00. The maximum atomic E-state index is 12.5. The van der Waals surface area contributed by atoms with Crippen molar-refractivity contribution < 1.29 is 4.79 Å². The highest BCUT2D eigenvalue weighted by Gasteiger charge is 2.17. The fraction of sp³-hybridized carbons (Fsp3) is 0.227. The Hall–Kier alpha value is -2.81. The first-order valence-electron chi connectivity index (χ1n) is 9.96. The van der Waals surface area contributed by atoms with Gasteiger partial charge in [-0.2, -0.15) is 5.10 Å². The summed E-state index contributed by atoms with van der Waals surface area (Å²) in [7, 11) is 1.85. The maximum Gasteiger partial charge on any atom is 0.338 e. The molecule has 3 N–H and O–H groups in total. The van der Waals surface area contributed by atoms with Gasteiger partial charge in [0.1, 0.15) is 10.2 Å². The smallest absolute Gasteiger partial charge is 0.298 e. The van der Waals surface area contributed by atoms with Crippen LogP contribution in [0.15, 0.2) is 36.4 Å². The molecule has 0 aliphatic carbocycles. The third-order valence-corrected chi connectivity index (χ3v) is 6.62. The first-order valence-corrected chi connectivity index (χ1v) is 11.5. The molecule has 1 aromatic carbocycles. The number of fused-ring (bicyclic) bond motifs is 1. The fourth-order valence-electron chi connectivity index (χ4n) is 3.56. The monoisotopic (exact) mass is 488 g/mol. The number of thiophene rings is 1. The second kappa shape index (κ2) is 8.97. The van der Waals surface area contributed by atoms with Crippen LogP contribution in [0.5, 0.6) is 0 Å². The molecule has 3 heterocycles. The van der Waals surface area contributed by atoms with Crippen LogP contribution in [0.3, 0.4) is 0 Å². The predicted molar refractivity (Wildman–Crippen MR) is 133 cm³/mol. The third-order valence-electron chi connectivity index (χ3n) is 5.01. The molecule has 0 atom stereocenters. The summed E-state index contributed by atoms with van der Waals surface area (Å²) in [6, 6.07) is 10.7. The Labute approximate surface area is 199 Å². The van der Waals surface area contributed by atoms with Crippen molar-refractivity contribution in [1.29, 1.82) is 0 Å². The number of benzene rings is 1. The Morgan fingerprint density at radius 3 is 2.62 bits per heavy atom. The minimum absolute atomic E-state index is 0.272. The summed E-state index contributed by atoms with van der Waals surface area (Å²) >= 11 is 13.9. The molecule has 32 heavy (non-hydrogen) atoms. The van der Waals surface area contributed by atoms with Crippen LogP contribution in [0, 0.1) is 6.92 Å². The Morgan fingerprint density at radius 2 is 1.91 bits per heavy atom. The van der Waals surface area contributed by atoms with Gasteiger partial charge in [-0.25, -0.2) is 9.78 Å². The van der Waals surface area contributed by atoms with Crippen LogP contribution in [-0.2, 0) is 7.05 Å². The van der Waals surface area contributed by atoms with Gasteiger partial charge in [-0.3, -0.25) is 20.9 Å². The van der Waals surface area contributed by atoms with E-state index in [-0.39, 0.29) is 5.92 Å². The van der Waals surface area contributed by atoms with Crippen molar-refractivity contribution in [2.45, 2.75) is 26.7 Å². The molecule has 0 bridgehead atoms. The highest BCUT2D eigenvalue weighted by atomic mass is 35.5. The lowest BCUT2D eigenvalue weighted by Gasteiger charge is -2.13. The van der Waals surface area contributed by atoms with Crippen molar-refractivity contribution in [2.24, 2.45) is 7.05 Å². The Bertz CT molecular complexity index is 1310. The number of pyridine rings is 1. The highest BCUT2D eigenvalue weighted by Crippen LogP contribution is 2.41. The van der Waals surface area contributed by atoms with Crippen molar-refractivity contribution in [2.75, 3.05) is 10.7 Å². The summed E-state index contributed by atoms with van der Waals surface area (Å²) in [5.74, 6) is 0.801. The maximum absolute atomic E-state index is 12.5. The number of hydrogen-bond donors (Lipinski definition) is 3. The average Bonchev–Trinajstić information content (AvgIpc) is 3.24. The normalized spacial score (nSPS) is 11.2. The quantitative estimate of drug-likeness (QED) is 0.277. The van der Waals surface area contributed by atoms with Gasteiger partial charge >= 0.3 is 6.03 Å². The molecule has 166 valence electrons. The number of aromatic nitrogens is 3. The molecule has 0 aliphatic heterocycles. The van der Waals surface area contributed by atoms with Gasteiger partial charge in [0, 0.05) is 28.6 Å². The molecule has 0 radical (unpaired) electrons. The number of hydrogen-bond acceptors (Lipinski definition) is 5. The van der Waals surface area contributed by atoms with E-state index in [2.05, 4.69) is 40.1 Å².